The quantitative estimate of drug-likeness (QED) is 0.0492. The molecule has 0 aliphatic heterocycles. The smallest absolute Gasteiger partial charge is 0.397 e. The fourth-order valence-electron chi connectivity index (χ4n) is 5.36. The maximum absolute atomic E-state index is 13.5. The molecule has 0 aliphatic carbocycles. The van der Waals surface area contributed by atoms with E-state index in [4.69, 9.17) is 4.55 Å². The zero-order valence-corrected chi connectivity index (χ0v) is 48.0. The van der Waals surface area contributed by atoms with Crippen molar-refractivity contribution in [1.29, 1.82) is 0 Å². The van der Waals surface area contributed by atoms with E-state index in [1.165, 1.54) is 0 Å². The van der Waals surface area contributed by atoms with Crippen molar-refractivity contribution < 1.29 is 87.4 Å². The Hall–Kier alpha value is -0.0500. The molecule has 0 spiro atoms. The second-order valence-electron chi connectivity index (χ2n) is 11.6. The van der Waals surface area contributed by atoms with Gasteiger partial charge in [-0.25, -0.2) is 12.6 Å². The van der Waals surface area contributed by atoms with Gasteiger partial charge in [0.15, 0.2) is 15.6 Å². The molecule has 5 rings (SSSR count). The van der Waals surface area contributed by atoms with Gasteiger partial charge in [-0.1, -0.05) is 24.3 Å². The second-order valence-corrected chi connectivity index (χ2v) is 20.3. The maximum Gasteiger partial charge on any atom is 0.397 e. The van der Waals surface area contributed by atoms with E-state index < -0.39 is 153 Å². The molecule has 0 aliphatic rings. The van der Waals surface area contributed by atoms with Crippen molar-refractivity contribution in [3.05, 3.63) is 78.4 Å². The van der Waals surface area contributed by atoms with Crippen molar-refractivity contribution in [2.24, 2.45) is 10.2 Å². The molecule has 315 valence electrons. The van der Waals surface area contributed by atoms with Gasteiger partial charge in [-0.3, -0.25) is 27.6 Å². The van der Waals surface area contributed by atoms with Crippen molar-refractivity contribution in [1.82, 2.24) is 0 Å². The van der Waals surface area contributed by atoms with Crippen LogP contribution in [0.3, 0.4) is 0 Å². The van der Waals surface area contributed by atoms with Crippen molar-refractivity contribution in [2.75, 3.05) is 17.7 Å². The summed E-state index contributed by atoms with van der Waals surface area (Å²) in [5, 5.41) is 18.4. The number of anilines is 1. The van der Waals surface area contributed by atoms with Gasteiger partial charge in [-0.05, 0) is 53.9 Å². The summed E-state index contributed by atoms with van der Waals surface area (Å²) in [5.74, 6) is -3.57. The molecule has 0 fully saturated rings. The average molecular weight is 1040 g/mol. The first-order valence-electron chi connectivity index (χ1n) is 15.0. The van der Waals surface area contributed by atoms with Gasteiger partial charge >= 0.3 is 10.4 Å². The summed E-state index contributed by atoms with van der Waals surface area (Å²) < 4.78 is 198. The number of rotatable bonds is 13. The molecule has 0 saturated carbocycles. The van der Waals surface area contributed by atoms with Crippen molar-refractivity contribution in [3.63, 3.8) is 0 Å². The molecule has 0 aromatic heterocycles. The van der Waals surface area contributed by atoms with Gasteiger partial charge in [0.2, 0.25) is 0 Å². The van der Waals surface area contributed by atoms with Crippen LogP contribution in [0.4, 0.5) is 17.1 Å². The molecule has 23 nitrogen and oxygen atoms in total. The van der Waals surface area contributed by atoms with Gasteiger partial charge in [0, 0.05) is 170 Å². The third kappa shape index (κ3) is 15.5. The number of carbonyl (C=O) groups excluding carboxylic acids is 1. The van der Waals surface area contributed by atoms with Gasteiger partial charge in [0.1, 0.15) is 26.1 Å². The van der Waals surface area contributed by atoms with Gasteiger partial charge in [-0.15, -0.1) is 10.2 Å². The van der Waals surface area contributed by atoms with Crippen molar-refractivity contribution >= 4 is 253 Å². The molecule has 5 aromatic rings. The number of benzene rings is 5. The van der Waals surface area contributed by atoms with Gasteiger partial charge in [0.05, 0.1) is 27.8 Å². The van der Waals surface area contributed by atoms with Gasteiger partial charge in [0.25, 0.3) is 46.4 Å². The van der Waals surface area contributed by atoms with Crippen LogP contribution in [0.25, 0.3) is 21.5 Å². The summed E-state index contributed by atoms with van der Waals surface area (Å²) in [6, 6.07) is 10.1. The normalized spacial score (nSPS) is 12.3. The SMILES string of the molecule is O=C(Nc1cc(S(=O)(=O)O)cc2cc(S(=O)(=O)O)c(N=Nc3ccc4c(S(=O)(=O)O)cccc4c3S(=O)(=O)O)c(O)c12)c1cccc(S(=O)(=O)CCOS(=O)(=O)O)c1.[Na].[Na].[Na].[Na].[Na]. The topological polar surface area (TPSA) is 389 Å². The molecule has 5 aromatic carbocycles. The molecule has 0 saturated heterocycles. The van der Waals surface area contributed by atoms with E-state index in [0.29, 0.717) is 18.2 Å². The fraction of sp³-hybridized carbons (Fsp3) is 0.0690. The summed E-state index contributed by atoms with van der Waals surface area (Å²) in [5.41, 5.74) is -3.28. The number of hydrogen-bond acceptors (Lipinski definition) is 17. The third-order valence-electron chi connectivity index (χ3n) is 7.73. The standard InChI is InChI=1S/C29H23N3O20S6.5Na/c33-27-25-16(12-18(54(37,38)39)14-22(25)30-29(34)15-3-1-4-17(11-15)53(35,36)10-9-52-58(49,50)51)13-24(56(43,44)45)26(27)32-31-21-8-7-19-20(28(21)57(46,47)48)5-2-6-23(19)55(40,41)42;;;;;/h1-8,11-14,33H,9-10H2,(H,30,34)(H,37,38,39)(H,40,41,42)(H,43,44,45)(H,46,47,48)(H,49,50,51);;;;;. The monoisotopic (exact) mass is 1040 g/mol. The molecular weight excluding hydrogens is 1020 g/mol. The first-order chi connectivity index (χ1) is 26.5. The number of azo groups is 1. The van der Waals surface area contributed by atoms with Crippen LogP contribution >= 0.6 is 0 Å². The summed E-state index contributed by atoms with van der Waals surface area (Å²) in [6.07, 6.45) is 0. The Labute approximate surface area is 469 Å². The van der Waals surface area contributed by atoms with Gasteiger partial charge < -0.3 is 10.4 Å². The summed E-state index contributed by atoms with van der Waals surface area (Å²) >= 11 is 0. The molecule has 34 heteroatoms. The van der Waals surface area contributed by atoms with Crippen LogP contribution in [0.15, 0.2) is 108 Å². The minimum atomic E-state index is -5.50. The van der Waals surface area contributed by atoms with Crippen LogP contribution in [0.2, 0.25) is 0 Å². The Balaban J connectivity index is 0.00000769. The predicted octanol–water partition coefficient (Wildman–Crippen LogP) is 1.04. The molecule has 0 heterocycles. The number of nitrogens with one attached hydrogen (secondary N) is 1. The minimum Gasteiger partial charge on any atom is -0.505 e. The Bertz CT molecular complexity index is 3320. The Kier molecular flexibility index (Phi) is 23.5. The molecular formula is C29H23N3Na5O20S6. The second kappa shape index (κ2) is 23.5. The molecule has 5 radical (unpaired) electrons. The van der Waals surface area contributed by atoms with E-state index in [0.717, 1.165) is 54.6 Å². The third-order valence-corrected chi connectivity index (χ3v) is 13.4. The predicted molar refractivity (Wildman–Crippen MR) is 226 cm³/mol. The number of sulfone groups is 1. The number of phenols is 1. The molecule has 0 atom stereocenters. The minimum absolute atomic E-state index is 0. The number of hydrogen-bond donors (Lipinski definition) is 7. The van der Waals surface area contributed by atoms with Crippen LogP contribution in [-0.2, 0) is 64.9 Å². The number of fused-ring (bicyclic) bond motifs is 2. The molecule has 63 heavy (non-hydrogen) atoms. The van der Waals surface area contributed by atoms with Gasteiger partial charge in [-0.2, -0.15) is 42.1 Å². The van der Waals surface area contributed by atoms with Crippen LogP contribution < -0.4 is 5.32 Å². The number of aromatic hydroxyl groups is 1. The first-order valence-corrected chi connectivity index (χ1v) is 23.7. The number of amides is 1. The number of phenolic OH excluding ortho intramolecular Hbond substituents is 1. The molecule has 0 unspecified atom stereocenters. The Morgan fingerprint density at radius 1 is 0.603 bits per heavy atom. The average Bonchev–Trinajstić information content (AvgIpc) is 3.08. The number of carbonyl (C=O) groups is 1. The number of nitrogens with zero attached hydrogens (tertiary/aromatic N) is 2. The largest absolute Gasteiger partial charge is 0.505 e. The maximum atomic E-state index is 13.5. The Morgan fingerprint density at radius 2 is 1.19 bits per heavy atom. The van der Waals surface area contributed by atoms with E-state index in [9.17, 15) is 78.6 Å². The van der Waals surface area contributed by atoms with E-state index in [1.807, 2.05) is 0 Å². The van der Waals surface area contributed by atoms with Crippen molar-refractivity contribution in [3.8, 4) is 5.75 Å². The van der Waals surface area contributed by atoms with E-state index in [1.54, 1.807) is 0 Å². The summed E-state index contributed by atoms with van der Waals surface area (Å²) in [6.45, 7) is -1.02. The van der Waals surface area contributed by atoms with E-state index in [-0.39, 0.29) is 148 Å². The van der Waals surface area contributed by atoms with Crippen LogP contribution in [0, 0.1) is 0 Å². The van der Waals surface area contributed by atoms with E-state index in [2.05, 4.69) is 19.7 Å². The fourth-order valence-corrected chi connectivity index (χ4v) is 9.63. The molecule has 7 N–H and O–H groups in total. The zero-order chi connectivity index (χ0) is 43.4. The van der Waals surface area contributed by atoms with Crippen LogP contribution in [0.5, 0.6) is 5.75 Å². The summed E-state index contributed by atoms with van der Waals surface area (Å²) in [7, 11) is -30.4. The van der Waals surface area contributed by atoms with E-state index >= 15 is 0 Å². The Morgan fingerprint density at radius 3 is 1.73 bits per heavy atom. The first kappa shape index (κ1) is 63.0. The van der Waals surface area contributed by atoms with Crippen LogP contribution in [-0.4, -0.2) is 244 Å². The molecule has 1 amide bonds. The van der Waals surface area contributed by atoms with Crippen molar-refractivity contribution in [2.45, 2.75) is 24.5 Å². The molecule has 0 bridgehead atoms. The summed E-state index contributed by atoms with van der Waals surface area (Å²) in [4.78, 5) is 8.59. The van der Waals surface area contributed by atoms with Crippen LogP contribution in [0.1, 0.15) is 10.4 Å². The zero-order valence-electron chi connectivity index (χ0n) is 33.1.